The molecule has 0 aliphatic carbocycles. The monoisotopic (exact) mass is 281 g/mol. The van der Waals surface area contributed by atoms with Crippen LogP contribution in [0.5, 0.6) is 0 Å². The summed E-state index contributed by atoms with van der Waals surface area (Å²) >= 11 is 0. The number of ether oxygens (including phenoxy) is 1. The molecule has 2 rings (SSSR count). The SMILES string of the molecule is C=C(CCNC(C)OCc1ccccc1)c1ccccc1. The minimum absolute atomic E-state index is 0.0359. The first-order chi connectivity index (χ1) is 10.3. The summed E-state index contributed by atoms with van der Waals surface area (Å²) in [6.45, 7) is 7.67. The zero-order chi connectivity index (χ0) is 14.9. The Morgan fingerprint density at radius 1 is 1.05 bits per heavy atom. The highest BCUT2D eigenvalue weighted by molar-refractivity contribution is 5.63. The van der Waals surface area contributed by atoms with Gasteiger partial charge in [0, 0.05) is 6.54 Å². The Balaban J connectivity index is 1.65. The second kappa shape index (κ2) is 8.40. The van der Waals surface area contributed by atoms with Gasteiger partial charge in [0.15, 0.2) is 0 Å². The molecule has 0 fully saturated rings. The molecule has 0 aromatic heterocycles. The van der Waals surface area contributed by atoms with Crippen LogP contribution >= 0.6 is 0 Å². The van der Waals surface area contributed by atoms with Crippen molar-refractivity contribution in [2.45, 2.75) is 26.2 Å². The maximum atomic E-state index is 5.77. The molecule has 0 amide bonds. The standard InChI is InChI=1S/C19H23NO/c1-16(19-11-7-4-8-12-19)13-14-20-17(2)21-15-18-9-5-3-6-10-18/h3-12,17,20H,1,13-15H2,2H3. The van der Waals surface area contributed by atoms with E-state index < -0.39 is 0 Å². The Labute approximate surface area is 127 Å². The van der Waals surface area contributed by atoms with Gasteiger partial charge in [0.1, 0.15) is 6.23 Å². The van der Waals surface area contributed by atoms with Crippen LogP contribution < -0.4 is 5.32 Å². The van der Waals surface area contributed by atoms with Crippen LogP contribution in [-0.2, 0) is 11.3 Å². The van der Waals surface area contributed by atoms with Crippen molar-refractivity contribution in [2.24, 2.45) is 0 Å². The average Bonchev–Trinajstić information content (AvgIpc) is 2.54. The lowest BCUT2D eigenvalue weighted by Crippen LogP contribution is -2.29. The third kappa shape index (κ3) is 5.54. The maximum Gasteiger partial charge on any atom is 0.105 e. The fraction of sp³-hybridized carbons (Fsp3) is 0.263. The molecule has 2 nitrogen and oxygen atoms in total. The Morgan fingerprint density at radius 2 is 1.67 bits per heavy atom. The van der Waals surface area contributed by atoms with Crippen LogP contribution in [0.2, 0.25) is 0 Å². The third-order valence-electron chi connectivity index (χ3n) is 3.38. The summed E-state index contributed by atoms with van der Waals surface area (Å²) in [7, 11) is 0. The van der Waals surface area contributed by atoms with Crippen molar-refractivity contribution >= 4 is 5.57 Å². The van der Waals surface area contributed by atoms with Gasteiger partial charge in [0.2, 0.25) is 0 Å². The zero-order valence-corrected chi connectivity index (χ0v) is 12.6. The Hall–Kier alpha value is -1.90. The minimum atomic E-state index is 0.0359. The molecule has 21 heavy (non-hydrogen) atoms. The Bertz CT molecular complexity index is 536. The van der Waals surface area contributed by atoms with Crippen molar-refractivity contribution in [3.63, 3.8) is 0 Å². The van der Waals surface area contributed by atoms with Crippen LogP contribution in [0.15, 0.2) is 67.2 Å². The lowest BCUT2D eigenvalue weighted by Gasteiger charge is -2.15. The van der Waals surface area contributed by atoms with Gasteiger partial charge in [-0.2, -0.15) is 0 Å². The molecule has 2 aromatic carbocycles. The molecule has 0 radical (unpaired) electrons. The summed E-state index contributed by atoms with van der Waals surface area (Å²) in [6, 6.07) is 20.5. The molecule has 1 atom stereocenters. The smallest absolute Gasteiger partial charge is 0.105 e. The van der Waals surface area contributed by atoms with Gasteiger partial charge in [0.05, 0.1) is 6.61 Å². The third-order valence-corrected chi connectivity index (χ3v) is 3.38. The number of benzene rings is 2. The van der Waals surface area contributed by atoms with Gasteiger partial charge >= 0.3 is 0 Å². The van der Waals surface area contributed by atoms with E-state index in [4.69, 9.17) is 4.74 Å². The van der Waals surface area contributed by atoms with Crippen molar-refractivity contribution in [1.29, 1.82) is 0 Å². The van der Waals surface area contributed by atoms with Crippen LogP contribution in [0.3, 0.4) is 0 Å². The quantitative estimate of drug-likeness (QED) is 0.731. The highest BCUT2D eigenvalue weighted by Crippen LogP contribution is 2.14. The predicted molar refractivity (Wildman–Crippen MR) is 88.8 cm³/mol. The molecule has 1 unspecified atom stereocenters. The van der Waals surface area contributed by atoms with E-state index in [1.165, 1.54) is 11.1 Å². The van der Waals surface area contributed by atoms with Crippen molar-refractivity contribution in [3.8, 4) is 0 Å². The Kier molecular flexibility index (Phi) is 6.20. The molecule has 0 saturated carbocycles. The first-order valence-electron chi connectivity index (χ1n) is 7.38. The summed E-state index contributed by atoms with van der Waals surface area (Å²) in [4.78, 5) is 0. The van der Waals surface area contributed by atoms with Gasteiger partial charge in [-0.05, 0) is 30.0 Å². The first kappa shape index (κ1) is 15.5. The molecule has 0 aliphatic heterocycles. The van der Waals surface area contributed by atoms with Crippen molar-refractivity contribution in [3.05, 3.63) is 78.4 Å². The molecule has 0 aliphatic rings. The van der Waals surface area contributed by atoms with Crippen LogP contribution in [0.25, 0.3) is 5.57 Å². The molecule has 0 saturated heterocycles. The number of hydrogen-bond acceptors (Lipinski definition) is 2. The Morgan fingerprint density at radius 3 is 2.33 bits per heavy atom. The lowest BCUT2D eigenvalue weighted by atomic mass is 10.1. The topological polar surface area (TPSA) is 21.3 Å². The lowest BCUT2D eigenvalue weighted by molar-refractivity contribution is 0.0311. The molecule has 0 bridgehead atoms. The van der Waals surface area contributed by atoms with E-state index >= 15 is 0 Å². The maximum absolute atomic E-state index is 5.77. The molecule has 2 aromatic rings. The van der Waals surface area contributed by atoms with E-state index in [0.717, 1.165) is 18.5 Å². The van der Waals surface area contributed by atoms with Gasteiger partial charge in [-0.15, -0.1) is 0 Å². The zero-order valence-electron chi connectivity index (χ0n) is 12.6. The molecule has 0 spiro atoms. The van der Waals surface area contributed by atoms with Gasteiger partial charge in [0.25, 0.3) is 0 Å². The second-order valence-electron chi connectivity index (χ2n) is 5.11. The summed E-state index contributed by atoms with van der Waals surface area (Å²) < 4.78 is 5.77. The van der Waals surface area contributed by atoms with Crippen LogP contribution in [0, 0.1) is 0 Å². The van der Waals surface area contributed by atoms with Crippen molar-refractivity contribution in [1.82, 2.24) is 5.32 Å². The summed E-state index contributed by atoms with van der Waals surface area (Å²) in [5, 5.41) is 3.37. The fourth-order valence-electron chi connectivity index (χ4n) is 2.10. The molecule has 110 valence electrons. The summed E-state index contributed by atoms with van der Waals surface area (Å²) in [5.74, 6) is 0. The molecular formula is C19H23NO. The largest absolute Gasteiger partial charge is 0.359 e. The molecule has 2 heteroatoms. The minimum Gasteiger partial charge on any atom is -0.359 e. The van der Waals surface area contributed by atoms with E-state index in [1.807, 2.05) is 43.3 Å². The first-order valence-corrected chi connectivity index (χ1v) is 7.38. The van der Waals surface area contributed by atoms with Crippen molar-refractivity contribution in [2.75, 3.05) is 6.54 Å². The van der Waals surface area contributed by atoms with E-state index in [-0.39, 0.29) is 6.23 Å². The van der Waals surface area contributed by atoms with Crippen LogP contribution in [-0.4, -0.2) is 12.8 Å². The van der Waals surface area contributed by atoms with E-state index in [2.05, 4.69) is 36.2 Å². The van der Waals surface area contributed by atoms with Crippen LogP contribution in [0.1, 0.15) is 24.5 Å². The molecule has 1 N–H and O–H groups in total. The second-order valence-corrected chi connectivity index (χ2v) is 5.11. The van der Waals surface area contributed by atoms with Crippen LogP contribution in [0.4, 0.5) is 0 Å². The van der Waals surface area contributed by atoms with Gasteiger partial charge in [-0.25, -0.2) is 0 Å². The normalized spacial score (nSPS) is 12.0. The van der Waals surface area contributed by atoms with Gasteiger partial charge < -0.3 is 4.74 Å². The summed E-state index contributed by atoms with van der Waals surface area (Å²) in [5.41, 5.74) is 3.55. The number of hydrogen-bond donors (Lipinski definition) is 1. The number of rotatable bonds is 8. The fourth-order valence-corrected chi connectivity index (χ4v) is 2.10. The highest BCUT2D eigenvalue weighted by Gasteiger charge is 2.03. The highest BCUT2D eigenvalue weighted by atomic mass is 16.5. The van der Waals surface area contributed by atoms with E-state index in [0.29, 0.717) is 6.61 Å². The average molecular weight is 281 g/mol. The number of nitrogens with one attached hydrogen (secondary N) is 1. The van der Waals surface area contributed by atoms with Crippen molar-refractivity contribution < 1.29 is 4.74 Å². The van der Waals surface area contributed by atoms with Gasteiger partial charge in [-0.1, -0.05) is 67.2 Å². The summed E-state index contributed by atoms with van der Waals surface area (Å²) in [6.07, 6.45) is 0.956. The predicted octanol–water partition coefficient (Wildman–Crippen LogP) is 4.24. The van der Waals surface area contributed by atoms with E-state index in [9.17, 15) is 0 Å². The van der Waals surface area contributed by atoms with Gasteiger partial charge in [-0.3, -0.25) is 5.32 Å². The molecule has 0 heterocycles. The van der Waals surface area contributed by atoms with E-state index in [1.54, 1.807) is 0 Å². The molecular weight excluding hydrogens is 258 g/mol.